The Morgan fingerprint density at radius 1 is 1.18 bits per heavy atom. The molecule has 2 aromatic heterocycles. The van der Waals surface area contributed by atoms with Crippen LogP contribution in [0.2, 0.25) is 0 Å². The van der Waals surface area contributed by atoms with Crippen LogP contribution in [-0.2, 0) is 7.05 Å². The van der Waals surface area contributed by atoms with E-state index in [4.69, 9.17) is 5.26 Å². The third-order valence-electron chi connectivity index (χ3n) is 2.89. The summed E-state index contributed by atoms with van der Waals surface area (Å²) in [5, 5.41) is 13.2. The molecule has 0 spiro atoms. The number of aromatic nitrogens is 3. The zero-order valence-electron chi connectivity index (χ0n) is 10.4. The van der Waals surface area contributed by atoms with E-state index in [1.165, 1.54) is 5.56 Å². The van der Waals surface area contributed by atoms with Crippen molar-refractivity contribution in [2.45, 2.75) is 20.8 Å². The number of nitriles is 1. The number of rotatable bonds is 1. The minimum Gasteiger partial charge on any atom is -0.257 e. The number of aryl methyl sites for hydroxylation is 4. The van der Waals surface area contributed by atoms with Crippen LogP contribution in [0.4, 0.5) is 0 Å². The lowest BCUT2D eigenvalue weighted by atomic mass is 10.1. The number of hydrogen-bond donors (Lipinski definition) is 0. The lowest BCUT2D eigenvalue weighted by Crippen LogP contribution is -1.97. The minimum absolute atomic E-state index is 0.541. The predicted octanol–water partition coefficient (Wildman–Crippen LogP) is 2.28. The van der Waals surface area contributed by atoms with Crippen LogP contribution in [0.25, 0.3) is 11.4 Å². The SMILES string of the molecule is Cc1cc(C)c(-c2cc(C#N)n(C)n2)nc1C. The monoisotopic (exact) mass is 226 g/mol. The molecule has 17 heavy (non-hydrogen) atoms. The highest BCUT2D eigenvalue weighted by Crippen LogP contribution is 2.22. The third kappa shape index (κ3) is 1.92. The van der Waals surface area contributed by atoms with Crippen molar-refractivity contribution in [2.75, 3.05) is 0 Å². The van der Waals surface area contributed by atoms with Crippen molar-refractivity contribution in [1.29, 1.82) is 5.26 Å². The van der Waals surface area contributed by atoms with E-state index in [0.717, 1.165) is 22.6 Å². The molecule has 86 valence electrons. The van der Waals surface area contributed by atoms with Crippen molar-refractivity contribution in [3.05, 3.63) is 34.6 Å². The lowest BCUT2D eigenvalue weighted by molar-refractivity contribution is 0.757. The van der Waals surface area contributed by atoms with Gasteiger partial charge in [0.25, 0.3) is 0 Å². The van der Waals surface area contributed by atoms with Gasteiger partial charge in [-0.15, -0.1) is 0 Å². The summed E-state index contributed by atoms with van der Waals surface area (Å²) in [6.07, 6.45) is 0. The van der Waals surface area contributed by atoms with E-state index in [1.54, 1.807) is 17.8 Å². The van der Waals surface area contributed by atoms with Crippen molar-refractivity contribution in [1.82, 2.24) is 14.8 Å². The smallest absolute Gasteiger partial charge is 0.138 e. The molecule has 2 heterocycles. The number of hydrogen-bond acceptors (Lipinski definition) is 3. The Labute approximate surface area is 101 Å². The Morgan fingerprint density at radius 3 is 2.47 bits per heavy atom. The maximum Gasteiger partial charge on any atom is 0.138 e. The average Bonchev–Trinajstić information content (AvgIpc) is 2.65. The first-order chi connectivity index (χ1) is 8.02. The molecule has 0 amide bonds. The fourth-order valence-corrected chi connectivity index (χ4v) is 1.79. The average molecular weight is 226 g/mol. The summed E-state index contributed by atoms with van der Waals surface area (Å²) in [5.74, 6) is 0. The standard InChI is InChI=1S/C13H14N4/c1-8-5-9(2)13(15-10(8)3)12-6-11(7-14)17(4)16-12/h5-6H,1-4H3. The van der Waals surface area contributed by atoms with Crippen LogP contribution in [0.5, 0.6) is 0 Å². The predicted molar refractivity (Wildman–Crippen MR) is 65.4 cm³/mol. The highest BCUT2D eigenvalue weighted by atomic mass is 15.3. The van der Waals surface area contributed by atoms with Crippen LogP contribution >= 0.6 is 0 Å². The Bertz CT molecular complexity index is 617. The molecule has 2 aromatic rings. The van der Waals surface area contributed by atoms with E-state index in [1.807, 2.05) is 20.8 Å². The second-order valence-electron chi connectivity index (χ2n) is 4.21. The van der Waals surface area contributed by atoms with Crippen LogP contribution in [0, 0.1) is 32.1 Å². The first-order valence-corrected chi connectivity index (χ1v) is 5.42. The van der Waals surface area contributed by atoms with Crippen molar-refractivity contribution in [3.8, 4) is 17.5 Å². The van der Waals surface area contributed by atoms with E-state index in [0.29, 0.717) is 5.69 Å². The molecule has 0 fully saturated rings. The van der Waals surface area contributed by atoms with Gasteiger partial charge in [-0.3, -0.25) is 9.67 Å². The second kappa shape index (κ2) is 4.02. The Balaban J connectivity index is 2.61. The Morgan fingerprint density at radius 2 is 1.88 bits per heavy atom. The summed E-state index contributed by atoms with van der Waals surface area (Å²) in [6.45, 7) is 6.03. The molecule has 4 nitrogen and oxygen atoms in total. The van der Waals surface area contributed by atoms with Crippen molar-refractivity contribution in [3.63, 3.8) is 0 Å². The summed E-state index contributed by atoms with van der Waals surface area (Å²) in [6, 6.07) is 5.97. The molecule has 0 saturated heterocycles. The molecule has 4 heteroatoms. The maximum absolute atomic E-state index is 8.92. The van der Waals surface area contributed by atoms with Gasteiger partial charge in [0.15, 0.2) is 0 Å². The second-order valence-corrected chi connectivity index (χ2v) is 4.21. The van der Waals surface area contributed by atoms with Crippen LogP contribution in [0.15, 0.2) is 12.1 Å². The first-order valence-electron chi connectivity index (χ1n) is 5.42. The summed E-state index contributed by atoms with van der Waals surface area (Å²) in [4.78, 5) is 4.55. The molecular weight excluding hydrogens is 212 g/mol. The molecule has 0 aromatic carbocycles. The van der Waals surface area contributed by atoms with Crippen LogP contribution in [-0.4, -0.2) is 14.8 Å². The molecule has 0 bridgehead atoms. The Hall–Kier alpha value is -2.15. The quantitative estimate of drug-likeness (QED) is 0.749. The highest BCUT2D eigenvalue weighted by Gasteiger charge is 2.11. The zero-order chi connectivity index (χ0) is 12.6. The number of pyridine rings is 1. The topological polar surface area (TPSA) is 54.5 Å². The van der Waals surface area contributed by atoms with Crippen LogP contribution in [0.1, 0.15) is 22.5 Å². The van der Waals surface area contributed by atoms with E-state index in [9.17, 15) is 0 Å². The zero-order valence-corrected chi connectivity index (χ0v) is 10.4. The molecule has 2 rings (SSSR count). The molecular formula is C13H14N4. The Kier molecular flexibility index (Phi) is 2.68. The first kappa shape index (κ1) is 11.3. The van der Waals surface area contributed by atoms with Gasteiger partial charge < -0.3 is 0 Å². The van der Waals surface area contributed by atoms with Gasteiger partial charge in [0.2, 0.25) is 0 Å². The molecule has 0 aliphatic carbocycles. The van der Waals surface area contributed by atoms with E-state index in [2.05, 4.69) is 22.2 Å². The maximum atomic E-state index is 8.92. The molecule has 0 saturated carbocycles. The number of nitrogens with zero attached hydrogens (tertiary/aromatic N) is 4. The van der Waals surface area contributed by atoms with E-state index in [-0.39, 0.29) is 0 Å². The molecule has 0 aliphatic heterocycles. The molecule has 0 atom stereocenters. The third-order valence-corrected chi connectivity index (χ3v) is 2.89. The van der Waals surface area contributed by atoms with Crippen molar-refractivity contribution in [2.24, 2.45) is 7.05 Å². The summed E-state index contributed by atoms with van der Waals surface area (Å²) in [5.41, 5.74) is 5.39. The van der Waals surface area contributed by atoms with Crippen LogP contribution < -0.4 is 0 Å². The largest absolute Gasteiger partial charge is 0.257 e. The molecule has 0 N–H and O–H groups in total. The van der Waals surface area contributed by atoms with E-state index >= 15 is 0 Å². The van der Waals surface area contributed by atoms with Gasteiger partial charge in [-0.2, -0.15) is 10.4 Å². The van der Waals surface area contributed by atoms with Gasteiger partial charge in [-0.25, -0.2) is 0 Å². The molecule has 0 radical (unpaired) electrons. The summed E-state index contributed by atoms with van der Waals surface area (Å²) in [7, 11) is 1.76. The van der Waals surface area contributed by atoms with Gasteiger partial charge in [-0.1, -0.05) is 6.07 Å². The van der Waals surface area contributed by atoms with Crippen molar-refractivity contribution < 1.29 is 0 Å². The lowest BCUT2D eigenvalue weighted by Gasteiger charge is -2.06. The summed E-state index contributed by atoms with van der Waals surface area (Å²) < 4.78 is 1.58. The van der Waals surface area contributed by atoms with E-state index < -0.39 is 0 Å². The van der Waals surface area contributed by atoms with Gasteiger partial charge in [-0.05, 0) is 31.9 Å². The van der Waals surface area contributed by atoms with Crippen molar-refractivity contribution >= 4 is 0 Å². The summed E-state index contributed by atoms with van der Waals surface area (Å²) >= 11 is 0. The van der Waals surface area contributed by atoms with Gasteiger partial charge in [0.05, 0.1) is 5.69 Å². The van der Waals surface area contributed by atoms with Gasteiger partial charge >= 0.3 is 0 Å². The minimum atomic E-state index is 0.541. The molecule has 0 aliphatic rings. The fourth-order valence-electron chi connectivity index (χ4n) is 1.79. The highest BCUT2D eigenvalue weighted by molar-refractivity contribution is 5.60. The van der Waals surface area contributed by atoms with Gasteiger partial charge in [0, 0.05) is 18.8 Å². The van der Waals surface area contributed by atoms with Gasteiger partial charge in [0.1, 0.15) is 17.5 Å². The van der Waals surface area contributed by atoms with Crippen LogP contribution in [0.3, 0.4) is 0 Å². The molecule has 0 unspecified atom stereocenters. The normalized spacial score (nSPS) is 10.3. The fraction of sp³-hybridized carbons (Fsp3) is 0.308.